The van der Waals surface area contributed by atoms with Gasteiger partial charge >= 0.3 is 6.09 Å². The van der Waals surface area contributed by atoms with Crippen molar-refractivity contribution in [3.63, 3.8) is 0 Å². The lowest BCUT2D eigenvalue weighted by molar-refractivity contribution is -0.0137. The van der Waals surface area contributed by atoms with E-state index in [1.807, 2.05) is 20.8 Å². The Kier molecular flexibility index (Phi) is 4.51. The summed E-state index contributed by atoms with van der Waals surface area (Å²) in [6, 6.07) is 0. The first kappa shape index (κ1) is 16.2. The largest absolute Gasteiger partial charge is 0.428 e. The molecule has 1 aliphatic carbocycles. The molecule has 1 rings (SSSR count). The third-order valence-electron chi connectivity index (χ3n) is 3.16. The fraction of sp³-hybridized carbons (Fsp3) is 0.917. The number of amides is 1. The zero-order valence-corrected chi connectivity index (χ0v) is 12.8. The molecule has 0 spiro atoms. The van der Waals surface area contributed by atoms with Crippen molar-refractivity contribution in [2.75, 3.05) is 6.26 Å². The predicted molar refractivity (Wildman–Crippen MR) is 73.4 cm³/mol. The van der Waals surface area contributed by atoms with E-state index in [-0.39, 0.29) is 5.25 Å². The molecule has 0 aliphatic heterocycles. The molecule has 0 aromatic rings. The Morgan fingerprint density at radius 3 is 2.16 bits per heavy atom. The Morgan fingerprint density at radius 1 is 1.32 bits per heavy atom. The standard InChI is InChI=1S/C12H24N2O4S/c1-11(2,3)14-10(15)18-12(13)7-5-9(6-8-12)19(4,16)17/h9H,5-8,13H2,1-4H3,(H,14,15). The van der Waals surface area contributed by atoms with Gasteiger partial charge in [0.25, 0.3) is 0 Å². The van der Waals surface area contributed by atoms with Crippen LogP contribution >= 0.6 is 0 Å². The lowest BCUT2D eigenvalue weighted by Gasteiger charge is -2.36. The minimum absolute atomic E-state index is 0.363. The van der Waals surface area contributed by atoms with Crippen molar-refractivity contribution in [2.24, 2.45) is 5.73 Å². The minimum atomic E-state index is -3.05. The van der Waals surface area contributed by atoms with E-state index in [0.29, 0.717) is 25.7 Å². The van der Waals surface area contributed by atoms with Crippen molar-refractivity contribution >= 4 is 15.9 Å². The maximum Gasteiger partial charge on any atom is 0.409 e. The number of ether oxygens (including phenoxy) is 1. The van der Waals surface area contributed by atoms with Gasteiger partial charge in [0, 0.05) is 24.6 Å². The number of alkyl carbamates (subject to hydrolysis) is 1. The van der Waals surface area contributed by atoms with Crippen LogP contribution in [0.1, 0.15) is 46.5 Å². The summed E-state index contributed by atoms with van der Waals surface area (Å²) in [6.07, 6.45) is 2.25. The molecule has 112 valence electrons. The average Bonchev–Trinajstić information content (AvgIpc) is 2.11. The summed E-state index contributed by atoms with van der Waals surface area (Å²) in [5.74, 6) is 0. The molecule has 1 aliphatic rings. The van der Waals surface area contributed by atoms with Crippen LogP contribution in [0.4, 0.5) is 4.79 Å². The number of carbonyl (C=O) groups is 1. The molecule has 0 atom stereocenters. The summed E-state index contributed by atoms with van der Waals surface area (Å²) >= 11 is 0. The molecule has 19 heavy (non-hydrogen) atoms. The van der Waals surface area contributed by atoms with Crippen LogP contribution in [0.2, 0.25) is 0 Å². The van der Waals surface area contributed by atoms with Gasteiger partial charge in [0.1, 0.15) is 9.84 Å². The van der Waals surface area contributed by atoms with Crippen molar-refractivity contribution in [1.29, 1.82) is 0 Å². The van der Waals surface area contributed by atoms with Gasteiger partial charge in [-0.2, -0.15) is 0 Å². The number of sulfone groups is 1. The normalized spacial score (nSPS) is 28.8. The maximum absolute atomic E-state index is 11.7. The van der Waals surface area contributed by atoms with Gasteiger partial charge in [-0.1, -0.05) is 0 Å². The van der Waals surface area contributed by atoms with Gasteiger partial charge in [-0.3, -0.25) is 5.73 Å². The summed E-state index contributed by atoms with van der Waals surface area (Å²) in [7, 11) is -3.05. The van der Waals surface area contributed by atoms with E-state index in [4.69, 9.17) is 10.5 Å². The maximum atomic E-state index is 11.7. The van der Waals surface area contributed by atoms with E-state index in [2.05, 4.69) is 5.32 Å². The summed E-state index contributed by atoms with van der Waals surface area (Å²) in [6.45, 7) is 5.54. The highest BCUT2D eigenvalue weighted by molar-refractivity contribution is 7.91. The van der Waals surface area contributed by atoms with Crippen LogP contribution in [-0.4, -0.2) is 37.3 Å². The Balaban J connectivity index is 2.55. The Hall–Kier alpha value is -0.820. The third kappa shape index (κ3) is 5.36. The molecule has 3 N–H and O–H groups in total. The van der Waals surface area contributed by atoms with Crippen LogP contribution in [0.25, 0.3) is 0 Å². The van der Waals surface area contributed by atoms with Crippen molar-refractivity contribution in [1.82, 2.24) is 5.32 Å². The molecule has 1 saturated carbocycles. The second kappa shape index (κ2) is 5.28. The van der Waals surface area contributed by atoms with Gasteiger partial charge in [-0.25, -0.2) is 13.2 Å². The molecule has 6 nitrogen and oxygen atoms in total. The minimum Gasteiger partial charge on any atom is -0.428 e. The van der Waals surface area contributed by atoms with E-state index < -0.39 is 27.2 Å². The van der Waals surface area contributed by atoms with E-state index in [1.165, 1.54) is 6.26 Å². The number of carbonyl (C=O) groups excluding carboxylic acids is 1. The van der Waals surface area contributed by atoms with E-state index in [1.54, 1.807) is 0 Å². The summed E-state index contributed by atoms with van der Waals surface area (Å²) < 4.78 is 28.1. The van der Waals surface area contributed by atoms with Gasteiger partial charge in [0.2, 0.25) is 0 Å². The fourth-order valence-corrected chi connectivity index (χ4v) is 3.22. The Bertz CT molecular complexity index is 431. The van der Waals surface area contributed by atoms with Crippen molar-refractivity contribution in [3.05, 3.63) is 0 Å². The van der Waals surface area contributed by atoms with Crippen LogP contribution in [0.15, 0.2) is 0 Å². The van der Waals surface area contributed by atoms with Crippen LogP contribution < -0.4 is 11.1 Å². The molecule has 1 amide bonds. The lowest BCUT2D eigenvalue weighted by atomic mass is 9.92. The molecule has 0 aromatic heterocycles. The molecule has 1 fully saturated rings. The SMILES string of the molecule is CC(C)(C)NC(=O)OC1(N)CCC(S(C)(=O)=O)CC1. The Labute approximate surface area is 115 Å². The third-order valence-corrected chi connectivity index (χ3v) is 4.84. The van der Waals surface area contributed by atoms with Gasteiger partial charge in [-0.05, 0) is 33.6 Å². The number of nitrogens with two attached hydrogens (primary N) is 1. The van der Waals surface area contributed by atoms with Crippen molar-refractivity contribution < 1.29 is 17.9 Å². The molecule has 0 heterocycles. The molecule has 7 heteroatoms. The number of hydrogen-bond donors (Lipinski definition) is 2. The van der Waals surface area contributed by atoms with Gasteiger partial charge in [0.15, 0.2) is 5.72 Å². The molecule has 0 unspecified atom stereocenters. The van der Waals surface area contributed by atoms with Crippen LogP contribution in [0.5, 0.6) is 0 Å². The lowest BCUT2D eigenvalue weighted by Crippen LogP contribution is -2.52. The first-order chi connectivity index (χ1) is 8.41. The summed E-state index contributed by atoms with van der Waals surface area (Å²) in [5, 5.41) is 2.30. The second-order valence-corrected chi connectivity index (χ2v) is 8.68. The quantitative estimate of drug-likeness (QED) is 0.744. The van der Waals surface area contributed by atoms with E-state index in [9.17, 15) is 13.2 Å². The summed E-state index contributed by atoms with van der Waals surface area (Å²) in [4.78, 5) is 11.7. The molecule has 0 bridgehead atoms. The average molecular weight is 292 g/mol. The number of nitrogens with one attached hydrogen (secondary N) is 1. The first-order valence-electron chi connectivity index (χ1n) is 6.40. The highest BCUT2D eigenvalue weighted by atomic mass is 32.2. The zero-order chi connectivity index (χ0) is 14.9. The van der Waals surface area contributed by atoms with Gasteiger partial charge < -0.3 is 10.1 Å². The molecule has 0 saturated heterocycles. The van der Waals surface area contributed by atoms with E-state index >= 15 is 0 Å². The topological polar surface area (TPSA) is 98.5 Å². The van der Waals surface area contributed by atoms with Gasteiger partial charge in [0.05, 0.1) is 5.25 Å². The highest BCUT2D eigenvalue weighted by Gasteiger charge is 2.38. The van der Waals surface area contributed by atoms with Crippen LogP contribution in [0, 0.1) is 0 Å². The van der Waals surface area contributed by atoms with E-state index in [0.717, 1.165) is 0 Å². The Morgan fingerprint density at radius 2 is 1.79 bits per heavy atom. The molecular formula is C12H24N2O4S. The molecule has 0 radical (unpaired) electrons. The zero-order valence-electron chi connectivity index (χ0n) is 12.0. The number of rotatable bonds is 2. The molecule has 0 aromatic carbocycles. The predicted octanol–water partition coefficient (Wildman–Crippen LogP) is 1.15. The monoisotopic (exact) mass is 292 g/mol. The smallest absolute Gasteiger partial charge is 0.409 e. The van der Waals surface area contributed by atoms with Gasteiger partial charge in [-0.15, -0.1) is 0 Å². The van der Waals surface area contributed by atoms with Crippen LogP contribution in [0.3, 0.4) is 0 Å². The highest BCUT2D eigenvalue weighted by Crippen LogP contribution is 2.30. The summed E-state index contributed by atoms with van der Waals surface area (Å²) in [5.41, 5.74) is 4.56. The second-order valence-electron chi connectivity index (χ2n) is 6.36. The fourth-order valence-electron chi connectivity index (χ4n) is 2.13. The first-order valence-corrected chi connectivity index (χ1v) is 8.36. The number of hydrogen-bond acceptors (Lipinski definition) is 5. The molecular weight excluding hydrogens is 268 g/mol. The van der Waals surface area contributed by atoms with Crippen molar-refractivity contribution in [2.45, 2.75) is 63.0 Å². The van der Waals surface area contributed by atoms with Crippen LogP contribution in [-0.2, 0) is 14.6 Å². The van der Waals surface area contributed by atoms with Crippen molar-refractivity contribution in [3.8, 4) is 0 Å².